The molecular weight excluding hydrogens is 394 g/mol. The van der Waals surface area contributed by atoms with Crippen molar-refractivity contribution in [1.29, 1.82) is 0 Å². The Balaban J connectivity index is 1.97. The van der Waals surface area contributed by atoms with Gasteiger partial charge in [0, 0.05) is 31.1 Å². The van der Waals surface area contributed by atoms with Crippen molar-refractivity contribution in [3.63, 3.8) is 0 Å². The molecule has 0 aliphatic carbocycles. The lowest BCUT2D eigenvalue weighted by Crippen LogP contribution is -2.41. The van der Waals surface area contributed by atoms with Crippen LogP contribution >= 0.6 is 11.8 Å². The van der Waals surface area contributed by atoms with E-state index in [1.165, 1.54) is 10.4 Å². The van der Waals surface area contributed by atoms with Crippen molar-refractivity contribution in [2.75, 3.05) is 43.4 Å². The normalized spacial score (nSPS) is 17.6. The van der Waals surface area contributed by atoms with Gasteiger partial charge < -0.3 is 10.6 Å². The van der Waals surface area contributed by atoms with Gasteiger partial charge in [0.1, 0.15) is 0 Å². The highest BCUT2D eigenvalue weighted by atomic mass is 32.2. The summed E-state index contributed by atoms with van der Waals surface area (Å²) >= 11 is 1.75. The second-order valence-electron chi connectivity index (χ2n) is 6.13. The molecule has 1 aromatic carbocycles. The standard InChI is InChI=1S/C17H26F2N4O2S2/c1-3-20-17(22-13(2)14-4-5-15(18)16(19)12-14)21-6-11-27(24,25)23-7-9-26-10-8-23/h4-5,12-13H,3,6-11H2,1-2H3,(H2,20,21,22). The van der Waals surface area contributed by atoms with Gasteiger partial charge in [-0.25, -0.2) is 21.5 Å². The van der Waals surface area contributed by atoms with Crippen LogP contribution in [0.25, 0.3) is 0 Å². The lowest BCUT2D eigenvalue weighted by atomic mass is 10.1. The molecule has 0 aromatic heterocycles. The summed E-state index contributed by atoms with van der Waals surface area (Å²) in [5.41, 5.74) is 0.568. The van der Waals surface area contributed by atoms with Crippen molar-refractivity contribution in [3.05, 3.63) is 35.4 Å². The second kappa shape index (κ2) is 10.2. The van der Waals surface area contributed by atoms with Crippen LogP contribution in [0.4, 0.5) is 8.78 Å². The van der Waals surface area contributed by atoms with Crippen LogP contribution in [0.1, 0.15) is 25.5 Å². The Morgan fingerprint density at radius 3 is 2.63 bits per heavy atom. The quantitative estimate of drug-likeness (QED) is 0.521. The van der Waals surface area contributed by atoms with Gasteiger partial charge >= 0.3 is 0 Å². The molecular formula is C17H26F2N4O2S2. The third-order valence-electron chi connectivity index (χ3n) is 4.12. The Kier molecular flexibility index (Phi) is 8.30. The zero-order valence-electron chi connectivity index (χ0n) is 15.5. The van der Waals surface area contributed by atoms with Crippen molar-refractivity contribution < 1.29 is 17.2 Å². The predicted octanol–water partition coefficient (Wildman–Crippen LogP) is 1.96. The van der Waals surface area contributed by atoms with E-state index in [1.807, 2.05) is 6.92 Å². The summed E-state index contributed by atoms with van der Waals surface area (Å²) in [6, 6.07) is 3.39. The van der Waals surface area contributed by atoms with Gasteiger partial charge in [0.25, 0.3) is 0 Å². The molecule has 1 aromatic rings. The maximum Gasteiger partial charge on any atom is 0.215 e. The van der Waals surface area contributed by atoms with Gasteiger partial charge in [-0.15, -0.1) is 0 Å². The van der Waals surface area contributed by atoms with Crippen molar-refractivity contribution in [1.82, 2.24) is 14.9 Å². The fourth-order valence-corrected chi connectivity index (χ4v) is 5.07. The SMILES string of the molecule is CCNC(=NCCS(=O)(=O)N1CCSCC1)NC(C)c1ccc(F)c(F)c1. The third kappa shape index (κ3) is 6.62. The van der Waals surface area contributed by atoms with Crippen LogP contribution in [0.3, 0.4) is 0 Å². The summed E-state index contributed by atoms with van der Waals surface area (Å²) in [5.74, 6) is 0.200. The second-order valence-corrected chi connectivity index (χ2v) is 9.44. The van der Waals surface area contributed by atoms with E-state index >= 15 is 0 Å². The number of aliphatic imine (C=N–C) groups is 1. The molecule has 1 fully saturated rings. The van der Waals surface area contributed by atoms with Crippen molar-refractivity contribution >= 4 is 27.7 Å². The minimum Gasteiger partial charge on any atom is -0.357 e. The number of hydrogen-bond acceptors (Lipinski definition) is 4. The molecule has 1 saturated heterocycles. The largest absolute Gasteiger partial charge is 0.357 e. The van der Waals surface area contributed by atoms with Gasteiger partial charge in [0.15, 0.2) is 17.6 Å². The van der Waals surface area contributed by atoms with Crippen molar-refractivity contribution in [2.24, 2.45) is 4.99 Å². The number of nitrogens with one attached hydrogen (secondary N) is 2. The molecule has 1 atom stereocenters. The Morgan fingerprint density at radius 2 is 2.00 bits per heavy atom. The van der Waals surface area contributed by atoms with Crippen LogP contribution in [0.15, 0.2) is 23.2 Å². The molecule has 152 valence electrons. The van der Waals surface area contributed by atoms with Crippen molar-refractivity contribution in [2.45, 2.75) is 19.9 Å². The fraction of sp³-hybridized carbons (Fsp3) is 0.588. The molecule has 27 heavy (non-hydrogen) atoms. The molecule has 2 N–H and O–H groups in total. The average molecular weight is 421 g/mol. The van der Waals surface area contributed by atoms with Crippen LogP contribution in [0, 0.1) is 11.6 Å². The molecule has 1 aliphatic rings. The fourth-order valence-electron chi connectivity index (χ4n) is 2.62. The highest BCUT2D eigenvalue weighted by molar-refractivity contribution is 7.99. The van der Waals surface area contributed by atoms with Gasteiger partial charge in [-0.2, -0.15) is 11.8 Å². The first kappa shape index (κ1) is 21.9. The number of thioether (sulfide) groups is 1. The third-order valence-corrected chi connectivity index (χ3v) is 6.92. The predicted molar refractivity (Wildman–Crippen MR) is 107 cm³/mol. The van der Waals surface area contributed by atoms with Crippen molar-refractivity contribution in [3.8, 4) is 0 Å². The Hall–Kier alpha value is -1.39. The summed E-state index contributed by atoms with van der Waals surface area (Å²) < 4.78 is 52.7. The van der Waals surface area contributed by atoms with E-state index < -0.39 is 21.7 Å². The van der Waals surface area contributed by atoms with Gasteiger partial charge in [-0.05, 0) is 31.5 Å². The number of nitrogens with zero attached hydrogens (tertiary/aromatic N) is 2. The van der Waals surface area contributed by atoms with Crippen LogP contribution in [-0.4, -0.2) is 62.1 Å². The van der Waals surface area contributed by atoms with Crippen LogP contribution < -0.4 is 10.6 Å². The lowest BCUT2D eigenvalue weighted by molar-refractivity contribution is 0.444. The molecule has 10 heteroatoms. The smallest absolute Gasteiger partial charge is 0.215 e. The summed E-state index contributed by atoms with van der Waals surface area (Å²) in [4.78, 5) is 4.31. The number of rotatable bonds is 7. The number of guanidine groups is 1. The number of sulfonamides is 1. The Bertz CT molecular complexity index is 753. The molecule has 1 heterocycles. The van der Waals surface area contributed by atoms with Gasteiger partial charge in [0.05, 0.1) is 18.3 Å². The zero-order valence-corrected chi connectivity index (χ0v) is 17.2. The van der Waals surface area contributed by atoms with E-state index in [0.29, 0.717) is 31.2 Å². The molecule has 2 rings (SSSR count). The molecule has 0 radical (unpaired) electrons. The summed E-state index contributed by atoms with van der Waals surface area (Å²) in [6.45, 7) is 5.48. The minimum absolute atomic E-state index is 0.0617. The first-order valence-electron chi connectivity index (χ1n) is 8.89. The maximum absolute atomic E-state index is 13.4. The maximum atomic E-state index is 13.4. The van der Waals surface area contributed by atoms with Gasteiger partial charge in [-0.1, -0.05) is 6.07 Å². The number of benzene rings is 1. The Labute approximate surface area is 163 Å². The van der Waals surface area contributed by atoms with E-state index in [0.717, 1.165) is 23.6 Å². The number of halogens is 2. The van der Waals surface area contributed by atoms with E-state index in [9.17, 15) is 17.2 Å². The zero-order chi connectivity index (χ0) is 19.9. The number of hydrogen-bond donors (Lipinski definition) is 2. The van der Waals surface area contributed by atoms with E-state index in [4.69, 9.17) is 0 Å². The average Bonchev–Trinajstić information content (AvgIpc) is 2.64. The van der Waals surface area contributed by atoms with E-state index in [1.54, 1.807) is 18.7 Å². The summed E-state index contributed by atoms with van der Waals surface area (Å²) in [6.07, 6.45) is 0. The molecule has 0 spiro atoms. The van der Waals surface area contributed by atoms with Gasteiger partial charge in [-0.3, -0.25) is 4.99 Å². The molecule has 0 saturated carbocycles. The lowest BCUT2D eigenvalue weighted by Gasteiger charge is -2.25. The molecule has 1 unspecified atom stereocenters. The molecule has 1 aliphatic heterocycles. The highest BCUT2D eigenvalue weighted by Crippen LogP contribution is 2.16. The first-order valence-corrected chi connectivity index (χ1v) is 11.6. The molecule has 0 bridgehead atoms. The monoisotopic (exact) mass is 420 g/mol. The Morgan fingerprint density at radius 1 is 1.30 bits per heavy atom. The molecule has 0 amide bonds. The first-order chi connectivity index (χ1) is 12.8. The minimum atomic E-state index is -3.32. The van der Waals surface area contributed by atoms with E-state index in [2.05, 4.69) is 15.6 Å². The van der Waals surface area contributed by atoms with Crippen LogP contribution in [-0.2, 0) is 10.0 Å². The summed E-state index contributed by atoms with van der Waals surface area (Å²) in [5, 5.41) is 6.12. The van der Waals surface area contributed by atoms with Crippen LogP contribution in [0.5, 0.6) is 0 Å². The van der Waals surface area contributed by atoms with Crippen LogP contribution in [0.2, 0.25) is 0 Å². The summed E-state index contributed by atoms with van der Waals surface area (Å²) in [7, 11) is -3.32. The van der Waals surface area contributed by atoms with E-state index in [-0.39, 0.29) is 18.3 Å². The van der Waals surface area contributed by atoms with Gasteiger partial charge in [0.2, 0.25) is 10.0 Å². The topological polar surface area (TPSA) is 73.8 Å². The highest BCUT2D eigenvalue weighted by Gasteiger charge is 2.23. The molecule has 6 nitrogen and oxygen atoms in total.